The van der Waals surface area contributed by atoms with Crippen LogP contribution in [0.1, 0.15) is 17.3 Å². The maximum absolute atomic E-state index is 11.7. The minimum Gasteiger partial charge on any atom is -0.458 e. The van der Waals surface area contributed by atoms with E-state index in [4.69, 9.17) is 14.2 Å². The van der Waals surface area contributed by atoms with E-state index in [2.05, 4.69) is 0 Å². The Morgan fingerprint density at radius 1 is 1.37 bits per heavy atom. The molecule has 1 fully saturated rings. The van der Waals surface area contributed by atoms with E-state index in [9.17, 15) is 9.59 Å². The molecule has 0 saturated carbocycles. The van der Waals surface area contributed by atoms with E-state index in [0.29, 0.717) is 12.2 Å². The molecule has 0 aromatic heterocycles. The quantitative estimate of drug-likeness (QED) is 0.785. The summed E-state index contributed by atoms with van der Waals surface area (Å²) >= 11 is 1.33. The number of carbonyl (C=O) groups is 2. The fourth-order valence-electron chi connectivity index (χ4n) is 1.57. The molecule has 1 heterocycles. The van der Waals surface area contributed by atoms with Crippen molar-refractivity contribution in [1.82, 2.24) is 0 Å². The Labute approximate surface area is 115 Å². The number of ether oxygens (including phenoxy) is 3. The lowest BCUT2D eigenvalue weighted by Gasteiger charge is -2.10. The highest BCUT2D eigenvalue weighted by Gasteiger charge is 2.29. The third kappa shape index (κ3) is 4.25. The topological polar surface area (TPSA) is 61.8 Å². The maximum atomic E-state index is 11.7. The van der Waals surface area contributed by atoms with Gasteiger partial charge < -0.3 is 14.2 Å². The van der Waals surface area contributed by atoms with Gasteiger partial charge in [-0.1, -0.05) is 30.0 Å². The van der Waals surface area contributed by atoms with E-state index in [1.807, 2.05) is 6.07 Å². The first-order valence-electron chi connectivity index (χ1n) is 5.81. The third-order valence-electron chi connectivity index (χ3n) is 2.38. The Hall–Kier alpha value is -1.53. The van der Waals surface area contributed by atoms with Crippen LogP contribution in [0.15, 0.2) is 30.3 Å². The molecule has 19 heavy (non-hydrogen) atoms. The lowest BCUT2D eigenvalue weighted by Crippen LogP contribution is -2.15. The highest BCUT2D eigenvalue weighted by atomic mass is 32.2. The molecule has 1 saturated heterocycles. The molecule has 1 aliphatic heterocycles. The first kappa shape index (κ1) is 13.9. The van der Waals surface area contributed by atoms with E-state index in [0.717, 1.165) is 0 Å². The van der Waals surface area contributed by atoms with Gasteiger partial charge in [-0.25, -0.2) is 4.79 Å². The van der Waals surface area contributed by atoms with Crippen LogP contribution in [-0.2, 0) is 19.0 Å². The molecular formula is C13H14O5S. The smallest absolute Gasteiger partial charge is 0.338 e. The van der Waals surface area contributed by atoms with Crippen molar-refractivity contribution in [3.8, 4) is 0 Å². The number of benzene rings is 1. The van der Waals surface area contributed by atoms with Crippen molar-refractivity contribution in [2.45, 2.75) is 17.8 Å². The Morgan fingerprint density at radius 2 is 2.11 bits per heavy atom. The Bertz CT molecular complexity index is 448. The molecule has 2 rings (SSSR count). The molecule has 0 bridgehead atoms. The Morgan fingerprint density at radius 3 is 2.79 bits per heavy atom. The van der Waals surface area contributed by atoms with Crippen LogP contribution >= 0.6 is 11.8 Å². The second kappa shape index (κ2) is 6.58. The molecule has 0 amide bonds. The predicted octanol–water partition coefficient (Wildman–Crippen LogP) is 1.82. The summed E-state index contributed by atoms with van der Waals surface area (Å²) in [6.45, 7) is 1.80. The Balaban J connectivity index is 1.75. The average molecular weight is 282 g/mol. The molecule has 0 unspecified atom stereocenters. The van der Waals surface area contributed by atoms with Gasteiger partial charge in [-0.05, 0) is 12.1 Å². The third-order valence-corrected chi connectivity index (χ3v) is 3.49. The van der Waals surface area contributed by atoms with Crippen molar-refractivity contribution in [2.24, 2.45) is 0 Å². The van der Waals surface area contributed by atoms with Crippen molar-refractivity contribution in [3.05, 3.63) is 35.9 Å². The molecule has 1 aliphatic rings. The first-order valence-corrected chi connectivity index (χ1v) is 6.76. The predicted molar refractivity (Wildman–Crippen MR) is 69.6 cm³/mol. The van der Waals surface area contributed by atoms with E-state index < -0.39 is 0 Å². The molecule has 2 atom stereocenters. The first-order chi connectivity index (χ1) is 9.15. The molecule has 102 valence electrons. The zero-order valence-corrected chi connectivity index (χ0v) is 11.2. The second-order valence-corrected chi connectivity index (χ2v) is 5.23. The van der Waals surface area contributed by atoms with Crippen molar-refractivity contribution < 1.29 is 23.8 Å². The number of hydrogen-bond acceptors (Lipinski definition) is 6. The van der Waals surface area contributed by atoms with E-state index >= 15 is 0 Å². The number of hydrogen-bond donors (Lipinski definition) is 0. The number of rotatable bonds is 4. The summed E-state index contributed by atoms with van der Waals surface area (Å²) in [6.07, 6.45) is 0. The molecule has 1 aromatic carbocycles. The SMILES string of the molecule is CC(=O)O[C@@H]1CO[C@H](COC(=O)c2ccccc2)S1. The van der Waals surface area contributed by atoms with Gasteiger partial charge in [-0.2, -0.15) is 0 Å². The molecule has 0 aliphatic carbocycles. The molecule has 0 N–H and O–H groups in total. The van der Waals surface area contributed by atoms with Gasteiger partial charge in [0, 0.05) is 6.92 Å². The van der Waals surface area contributed by atoms with Crippen LogP contribution in [0.25, 0.3) is 0 Å². The van der Waals surface area contributed by atoms with Gasteiger partial charge in [0.15, 0.2) is 5.44 Å². The van der Waals surface area contributed by atoms with Crippen molar-refractivity contribution in [1.29, 1.82) is 0 Å². The molecule has 6 heteroatoms. The monoisotopic (exact) mass is 282 g/mol. The maximum Gasteiger partial charge on any atom is 0.338 e. The summed E-state index contributed by atoms with van der Waals surface area (Å²) < 4.78 is 15.5. The second-order valence-electron chi connectivity index (χ2n) is 3.90. The van der Waals surface area contributed by atoms with Gasteiger partial charge in [0.05, 0.1) is 12.2 Å². The van der Waals surface area contributed by atoms with E-state index in [-0.39, 0.29) is 29.4 Å². The zero-order chi connectivity index (χ0) is 13.7. The summed E-state index contributed by atoms with van der Waals surface area (Å²) in [6, 6.07) is 8.75. The molecule has 5 nitrogen and oxygen atoms in total. The summed E-state index contributed by atoms with van der Waals surface area (Å²) in [5, 5.41) is 0. The number of carbonyl (C=O) groups excluding carboxylic acids is 2. The van der Waals surface area contributed by atoms with Crippen LogP contribution in [0.5, 0.6) is 0 Å². The minimum absolute atomic E-state index is 0.135. The van der Waals surface area contributed by atoms with Crippen LogP contribution in [-0.4, -0.2) is 36.0 Å². The fraction of sp³-hybridized carbons (Fsp3) is 0.385. The summed E-state index contributed by atoms with van der Waals surface area (Å²) in [5.74, 6) is -0.733. The Kier molecular flexibility index (Phi) is 4.81. The van der Waals surface area contributed by atoms with E-state index in [1.54, 1.807) is 24.3 Å². The van der Waals surface area contributed by atoms with Crippen molar-refractivity contribution >= 4 is 23.7 Å². The van der Waals surface area contributed by atoms with Gasteiger partial charge >= 0.3 is 11.9 Å². The lowest BCUT2D eigenvalue weighted by atomic mass is 10.2. The molecule has 0 spiro atoms. The van der Waals surface area contributed by atoms with Gasteiger partial charge in [-0.3, -0.25) is 4.79 Å². The van der Waals surface area contributed by atoms with Crippen LogP contribution < -0.4 is 0 Å². The molecular weight excluding hydrogens is 268 g/mol. The average Bonchev–Trinajstić information content (AvgIpc) is 2.84. The van der Waals surface area contributed by atoms with Crippen LogP contribution in [0.4, 0.5) is 0 Å². The van der Waals surface area contributed by atoms with Gasteiger partial charge in [0.1, 0.15) is 12.0 Å². The highest BCUT2D eigenvalue weighted by molar-refractivity contribution is 8.00. The van der Waals surface area contributed by atoms with Crippen molar-refractivity contribution in [3.63, 3.8) is 0 Å². The van der Waals surface area contributed by atoms with Crippen molar-refractivity contribution in [2.75, 3.05) is 13.2 Å². The van der Waals surface area contributed by atoms with Gasteiger partial charge in [-0.15, -0.1) is 0 Å². The lowest BCUT2D eigenvalue weighted by molar-refractivity contribution is -0.143. The molecule has 0 radical (unpaired) electrons. The highest BCUT2D eigenvalue weighted by Crippen LogP contribution is 2.28. The van der Waals surface area contributed by atoms with Crippen LogP contribution in [0.3, 0.4) is 0 Å². The summed E-state index contributed by atoms with van der Waals surface area (Å²) in [7, 11) is 0. The molecule has 1 aromatic rings. The fourth-order valence-corrected chi connectivity index (χ4v) is 2.56. The number of esters is 2. The van der Waals surface area contributed by atoms with Crippen LogP contribution in [0, 0.1) is 0 Å². The normalized spacial score (nSPS) is 21.9. The number of thioether (sulfide) groups is 1. The largest absolute Gasteiger partial charge is 0.458 e. The van der Waals surface area contributed by atoms with Gasteiger partial charge in [0.2, 0.25) is 0 Å². The zero-order valence-electron chi connectivity index (χ0n) is 10.4. The standard InChI is InChI=1S/C13H14O5S/c1-9(14)18-12-8-16-11(19-12)7-17-13(15)10-5-3-2-4-6-10/h2-6,11-12H,7-8H2,1H3/t11-,12-/m0/s1. The summed E-state index contributed by atoms with van der Waals surface area (Å²) in [5.41, 5.74) is -0.114. The summed E-state index contributed by atoms with van der Waals surface area (Å²) in [4.78, 5) is 22.5. The van der Waals surface area contributed by atoms with Crippen LogP contribution in [0.2, 0.25) is 0 Å². The van der Waals surface area contributed by atoms with E-state index in [1.165, 1.54) is 18.7 Å². The van der Waals surface area contributed by atoms with Gasteiger partial charge in [0.25, 0.3) is 0 Å². The minimum atomic E-state index is -0.388.